The molecule has 1 aromatic carbocycles. The number of nitrogen functional groups attached to an aromatic ring is 1. The predicted molar refractivity (Wildman–Crippen MR) is 88.1 cm³/mol. The van der Waals surface area contributed by atoms with Crippen molar-refractivity contribution >= 4 is 34.0 Å². The Labute approximate surface area is 128 Å². The van der Waals surface area contributed by atoms with E-state index in [4.69, 9.17) is 5.73 Å². The Bertz CT molecular complexity index is 476. The van der Waals surface area contributed by atoms with Gasteiger partial charge in [0, 0.05) is 20.5 Å². The van der Waals surface area contributed by atoms with E-state index in [1.165, 1.54) is 47.8 Å². The normalized spacial score (nSPS) is 39.5. The second kappa shape index (κ2) is 4.27. The monoisotopic (exact) mass is 368 g/mol. The van der Waals surface area contributed by atoms with Crippen molar-refractivity contribution in [2.24, 2.45) is 17.8 Å². The highest BCUT2D eigenvalue weighted by Crippen LogP contribution is 2.56. The number of nitrogens with two attached hydrogens (primary N) is 1. The molecule has 0 radical (unpaired) electrons. The van der Waals surface area contributed by atoms with Crippen LogP contribution in [-0.2, 0) is 0 Å². The summed E-state index contributed by atoms with van der Waals surface area (Å²) < 4.78 is 1.26. The molecule has 0 heterocycles. The van der Waals surface area contributed by atoms with Gasteiger partial charge in [0.1, 0.15) is 0 Å². The van der Waals surface area contributed by atoms with Crippen LogP contribution in [0.1, 0.15) is 38.5 Å². The SMILES string of the molecule is Nc1ccc(NC23CC4CC(CC(C4)C2)C3)c(I)c1. The fraction of sp³-hybridized carbons (Fsp3) is 0.625. The Morgan fingerprint density at radius 1 is 1.05 bits per heavy atom. The van der Waals surface area contributed by atoms with Crippen LogP contribution in [0.2, 0.25) is 0 Å². The minimum atomic E-state index is 0.394. The minimum absolute atomic E-state index is 0.394. The number of hydrogen-bond acceptors (Lipinski definition) is 2. The van der Waals surface area contributed by atoms with E-state index in [0.717, 1.165) is 23.4 Å². The maximum Gasteiger partial charge on any atom is 0.0481 e. The first-order chi connectivity index (χ1) is 9.12. The van der Waals surface area contributed by atoms with Gasteiger partial charge in [-0.1, -0.05) is 0 Å². The van der Waals surface area contributed by atoms with Gasteiger partial charge in [-0.3, -0.25) is 0 Å². The largest absolute Gasteiger partial charge is 0.399 e. The van der Waals surface area contributed by atoms with Gasteiger partial charge in [-0.25, -0.2) is 0 Å². The molecule has 0 amide bonds. The molecule has 5 rings (SSSR count). The third kappa shape index (κ3) is 2.14. The fourth-order valence-electron chi connectivity index (χ4n) is 5.18. The number of nitrogens with one attached hydrogen (secondary N) is 1. The van der Waals surface area contributed by atoms with Crippen LogP contribution < -0.4 is 11.1 Å². The topological polar surface area (TPSA) is 38.0 Å². The number of rotatable bonds is 2. The maximum atomic E-state index is 5.86. The van der Waals surface area contributed by atoms with Crippen LogP contribution in [-0.4, -0.2) is 5.54 Å². The van der Waals surface area contributed by atoms with Crippen molar-refractivity contribution in [3.05, 3.63) is 21.8 Å². The van der Waals surface area contributed by atoms with Crippen molar-refractivity contribution in [2.45, 2.75) is 44.1 Å². The predicted octanol–water partition coefficient (Wildman–Crippen LogP) is 4.25. The molecule has 4 aliphatic carbocycles. The van der Waals surface area contributed by atoms with E-state index in [9.17, 15) is 0 Å². The first kappa shape index (κ1) is 12.3. The van der Waals surface area contributed by atoms with Crippen LogP contribution >= 0.6 is 22.6 Å². The van der Waals surface area contributed by atoms with Gasteiger partial charge in [-0.05, 0) is 97.1 Å². The molecule has 0 unspecified atom stereocenters. The summed E-state index contributed by atoms with van der Waals surface area (Å²) in [5.41, 5.74) is 8.40. The first-order valence-electron chi connectivity index (χ1n) is 7.45. The molecule has 4 bridgehead atoms. The smallest absolute Gasteiger partial charge is 0.0481 e. The molecule has 1 aromatic rings. The third-order valence-corrected chi connectivity index (χ3v) is 6.32. The third-order valence-electron chi connectivity index (χ3n) is 5.43. The molecule has 19 heavy (non-hydrogen) atoms. The van der Waals surface area contributed by atoms with Gasteiger partial charge in [0.05, 0.1) is 0 Å². The Hall–Kier alpha value is -0.450. The molecule has 0 atom stereocenters. The molecule has 3 N–H and O–H groups in total. The molecule has 3 heteroatoms. The molecule has 0 saturated heterocycles. The van der Waals surface area contributed by atoms with Crippen LogP contribution in [0.15, 0.2) is 18.2 Å². The van der Waals surface area contributed by atoms with E-state index in [1.54, 1.807) is 0 Å². The summed E-state index contributed by atoms with van der Waals surface area (Å²) in [5.74, 6) is 2.97. The Balaban J connectivity index is 1.62. The van der Waals surface area contributed by atoms with Gasteiger partial charge in [0.25, 0.3) is 0 Å². The highest BCUT2D eigenvalue weighted by Gasteiger charge is 2.50. The number of hydrogen-bond donors (Lipinski definition) is 2. The molecule has 4 aliphatic rings. The zero-order valence-electron chi connectivity index (χ0n) is 11.2. The lowest BCUT2D eigenvalue weighted by molar-refractivity contribution is 0.0107. The second-order valence-corrected chi connectivity index (χ2v) is 8.22. The van der Waals surface area contributed by atoms with Crippen molar-refractivity contribution < 1.29 is 0 Å². The van der Waals surface area contributed by atoms with Gasteiger partial charge in [0.15, 0.2) is 0 Å². The van der Waals surface area contributed by atoms with Crippen molar-refractivity contribution in [1.82, 2.24) is 0 Å². The summed E-state index contributed by atoms with van der Waals surface area (Å²) in [4.78, 5) is 0. The summed E-state index contributed by atoms with van der Waals surface area (Å²) in [6.07, 6.45) is 8.66. The molecule has 0 aliphatic heterocycles. The van der Waals surface area contributed by atoms with E-state index >= 15 is 0 Å². The average molecular weight is 368 g/mol. The highest BCUT2D eigenvalue weighted by molar-refractivity contribution is 14.1. The van der Waals surface area contributed by atoms with Gasteiger partial charge >= 0.3 is 0 Å². The zero-order valence-corrected chi connectivity index (χ0v) is 13.3. The summed E-state index contributed by atoms with van der Waals surface area (Å²) in [7, 11) is 0. The minimum Gasteiger partial charge on any atom is -0.399 e. The van der Waals surface area contributed by atoms with Crippen LogP contribution in [0.25, 0.3) is 0 Å². The van der Waals surface area contributed by atoms with E-state index in [-0.39, 0.29) is 0 Å². The molecule has 0 spiro atoms. The summed E-state index contributed by atoms with van der Waals surface area (Å²) >= 11 is 2.40. The van der Waals surface area contributed by atoms with E-state index in [2.05, 4.69) is 40.0 Å². The van der Waals surface area contributed by atoms with Crippen LogP contribution in [0.3, 0.4) is 0 Å². The standard InChI is InChI=1S/C16H21IN2/c17-14-6-13(18)1-2-15(14)19-16-7-10-3-11(8-16)5-12(4-10)9-16/h1-2,6,10-12,19H,3-5,7-9,18H2. The van der Waals surface area contributed by atoms with E-state index < -0.39 is 0 Å². The van der Waals surface area contributed by atoms with Crippen LogP contribution in [0.4, 0.5) is 11.4 Å². The van der Waals surface area contributed by atoms with E-state index in [1.807, 2.05) is 6.07 Å². The number of benzene rings is 1. The number of anilines is 2. The Morgan fingerprint density at radius 3 is 2.16 bits per heavy atom. The van der Waals surface area contributed by atoms with Crippen molar-refractivity contribution in [3.63, 3.8) is 0 Å². The zero-order chi connectivity index (χ0) is 13.0. The highest BCUT2D eigenvalue weighted by atomic mass is 127. The van der Waals surface area contributed by atoms with Crippen molar-refractivity contribution in [1.29, 1.82) is 0 Å². The Morgan fingerprint density at radius 2 is 1.63 bits per heavy atom. The van der Waals surface area contributed by atoms with Gasteiger partial charge < -0.3 is 11.1 Å². The van der Waals surface area contributed by atoms with Crippen LogP contribution in [0.5, 0.6) is 0 Å². The quantitative estimate of drug-likeness (QED) is 0.605. The second-order valence-electron chi connectivity index (χ2n) is 7.06. The molecule has 0 aromatic heterocycles. The first-order valence-corrected chi connectivity index (χ1v) is 8.53. The van der Waals surface area contributed by atoms with Crippen LogP contribution in [0, 0.1) is 21.3 Å². The lowest BCUT2D eigenvalue weighted by Crippen LogP contribution is -2.54. The lowest BCUT2D eigenvalue weighted by atomic mass is 9.53. The van der Waals surface area contributed by atoms with Gasteiger partial charge in [-0.15, -0.1) is 0 Å². The molecule has 2 nitrogen and oxygen atoms in total. The number of halogens is 1. The average Bonchev–Trinajstić information content (AvgIpc) is 2.31. The molecular weight excluding hydrogens is 347 g/mol. The van der Waals surface area contributed by atoms with Gasteiger partial charge in [0.2, 0.25) is 0 Å². The summed E-state index contributed by atoms with van der Waals surface area (Å²) in [6, 6.07) is 6.25. The summed E-state index contributed by atoms with van der Waals surface area (Å²) in [6.45, 7) is 0. The summed E-state index contributed by atoms with van der Waals surface area (Å²) in [5, 5.41) is 3.92. The Kier molecular flexibility index (Phi) is 2.77. The van der Waals surface area contributed by atoms with E-state index in [0.29, 0.717) is 5.54 Å². The maximum absolute atomic E-state index is 5.86. The lowest BCUT2D eigenvalue weighted by Gasteiger charge is -2.57. The fourth-order valence-corrected chi connectivity index (χ4v) is 5.86. The molecule has 4 saturated carbocycles. The van der Waals surface area contributed by atoms with Crippen molar-refractivity contribution in [3.8, 4) is 0 Å². The molecular formula is C16H21IN2. The molecule has 4 fully saturated rings. The van der Waals surface area contributed by atoms with Crippen molar-refractivity contribution in [2.75, 3.05) is 11.1 Å². The molecule has 102 valence electrons. The van der Waals surface area contributed by atoms with Gasteiger partial charge in [-0.2, -0.15) is 0 Å².